The monoisotopic (exact) mass is 495 g/mol. The number of aryl methyl sites for hydroxylation is 2. The summed E-state index contributed by atoms with van der Waals surface area (Å²) in [6.45, 7) is 7.05. The van der Waals surface area contributed by atoms with Crippen LogP contribution in [0.25, 0.3) is 22.0 Å². The van der Waals surface area contributed by atoms with Crippen molar-refractivity contribution >= 4 is 22.4 Å². The molecule has 1 saturated heterocycles. The number of aromatic nitrogens is 3. The summed E-state index contributed by atoms with van der Waals surface area (Å²) in [7, 11) is 0. The van der Waals surface area contributed by atoms with E-state index in [-0.39, 0.29) is 11.5 Å². The maximum absolute atomic E-state index is 13.2. The van der Waals surface area contributed by atoms with Crippen LogP contribution in [-0.4, -0.2) is 45.2 Å². The van der Waals surface area contributed by atoms with E-state index >= 15 is 0 Å². The van der Waals surface area contributed by atoms with Gasteiger partial charge in [-0.2, -0.15) is 5.10 Å². The summed E-state index contributed by atoms with van der Waals surface area (Å²) >= 11 is 0. The Balaban J connectivity index is 1.23. The number of carbonyl (C=O) groups is 1. The second kappa shape index (κ2) is 11.0. The normalized spacial score (nSPS) is 14.6. The molecule has 190 valence electrons. The van der Waals surface area contributed by atoms with Crippen molar-refractivity contribution in [3.05, 3.63) is 88.5 Å². The molecule has 7 heteroatoms. The zero-order valence-electron chi connectivity index (χ0n) is 21.5. The molecule has 1 amide bonds. The first-order valence-corrected chi connectivity index (χ1v) is 13.0. The van der Waals surface area contributed by atoms with Crippen LogP contribution in [0.1, 0.15) is 43.4 Å². The van der Waals surface area contributed by atoms with E-state index < -0.39 is 0 Å². The first-order chi connectivity index (χ1) is 18.0. The number of hydrogen-bond acceptors (Lipinski definition) is 5. The number of hydrogen-bond donors (Lipinski definition) is 1. The van der Waals surface area contributed by atoms with Gasteiger partial charge in [-0.3, -0.25) is 14.6 Å². The Morgan fingerprint density at radius 3 is 2.51 bits per heavy atom. The molecule has 0 unspecified atom stereocenters. The van der Waals surface area contributed by atoms with E-state index in [9.17, 15) is 9.59 Å². The van der Waals surface area contributed by atoms with Gasteiger partial charge in [0, 0.05) is 42.0 Å². The van der Waals surface area contributed by atoms with E-state index in [4.69, 9.17) is 5.10 Å². The lowest BCUT2D eigenvalue weighted by Crippen LogP contribution is -2.34. The second-order valence-electron chi connectivity index (χ2n) is 9.89. The fourth-order valence-corrected chi connectivity index (χ4v) is 5.22. The van der Waals surface area contributed by atoms with Gasteiger partial charge in [-0.05, 0) is 87.6 Å². The molecule has 7 nitrogen and oxygen atoms in total. The van der Waals surface area contributed by atoms with Crippen molar-refractivity contribution in [2.24, 2.45) is 0 Å². The number of carbonyl (C=O) groups excluding carboxylic acids is 1. The third-order valence-electron chi connectivity index (χ3n) is 7.16. The van der Waals surface area contributed by atoms with Gasteiger partial charge >= 0.3 is 0 Å². The molecular formula is C30H33N5O2. The molecule has 1 fully saturated rings. The molecule has 0 aliphatic carbocycles. The van der Waals surface area contributed by atoms with E-state index in [1.54, 1.807) is 4.68 Å². The molecule has 37 heavy (non-hydrogen) atoms. The van der Waals surface area contributed by atoms with Crippen LogP contribution in [-0.2, 0) is 11.3 Å². The fraction of sp³-hybridized carbons (Fsp3) is 0.333. The van der Waals surface area contributed by atoms with Crippen LogP contribution in [0, 0.1) is 6.92 Å². The number of benzene rings is 2. The van der Waals surface area contributed by atoms with Crippen LogP contribution >= 0.6 is 0 Å². The lowest BCUT2D eigenvalue weighted by Gasteiger charge is -2.32. The Hall–Kier alpha value is -3.84. The zero-order valence-corrected chi connectivity index (χ0v) is 21.5. The van der Waals surface area contributed by atoms with Gasteiger partial charge in [0.05, 0.1) is 5.39 Å². The van der Waals surface area contributed by atoms with E-state index in [1.165, 1.54) is 12.5 Å². The summed E-state index contributed by atoms with van der Waals surface area (Å²) in [4.78, 5) is 31.5. The molecule has 0 spiro atoms. The smallest absolute Gasteiger partial charge is 0.274 e. The highest BCUT2D eigenvalue weighted by Crippen LogP contribution is 2.30. The summed E-state index contributed by atoms with van der Waals surface area (Å²) in [5, 5.41) is 9.21. The van der Waals surface area contributed by atoms with Gasteiger partial charge in [0.15, 0.2) is 0 Å². The highest BCUT2D eigenvalue weighted by Gasteiger charge is 2.21. The Kier molecular flexibility index (Phi) is 7.42. The van der Waals surface area contributed by atoms with Crippen LogP contribution in [0.15, 0.2) is 71.7 Å². The van der Waals surface area contributed by atoms with Crippen molar-refractivity contribution in [3.63, 3.8) is 0 Å². The largest absolute Gasteiger partial charge is 0.326 e. The minimum atomic E-state index is -0.0466. The maximum Gasteiger partial charge on any atom is 0.274 e. The van der Waals surface area contributed by atoms with Crippen LogP contribution in [0.4, 0.5) is 5.69 Å². The molecule has 0 bridgehead atoms. The van der Waals surface area contributed by atoms with Crippen molar-refractivity contribution in [1.82, 2.24) is 19.7 Å². The molecule has 5 rings (SSSR count). The average molecular weight is 496 g/mol. The predicted octanol–water partition coefficient (Wildman–Crippen LogP) is 5.00. The van der Waals surface area contributed by atoms with Gasteiger partial charge < -0.3 is 10.2 Å². The molecule has 4 aromatic rings. The van der Waals surface area contributed by atoms with E-state index in [0.717, 1.165) is 66.9 Å². The summed E-state index contributed by atoms with van der Waals surface area (Å²) in [6.07, 6.45) is 4.86. The molecule has 0 atom stereocenters. The number of anilines is 1. The van der Waals surface area contributed by atoms with E-state index in [0.29, 0.717) is 17.8 Å². The number of fused-ring (bicyclic) bond motifs is 1. The number of piperidine rings is 1. The van der Waals surface area contributed by atoms with Gasteiger partial charge in [-0.15, -0.1) is 0 Å². The highest BCUT2D eigenvalue weighted by molar-refractivity contribution is 5.93. The van der Waals surface area contributed by atoms with Gasteiger partial charge in [-0.1, -0.05) is 30.3 Å². The Bertz CT molecular complexity index is 1450. The van der Waals surface area contributed by atoms with Crippen LogP contribution < -0.4 is 10.9 Å². The molecule has 3 heterocycles. The molecule has 1 aliphatic rings. The summed E-state index contributed by atoms with van der Waals surface area (Å²) in [5.41, 5.74) is 4.77. The first-order valence-electron chi connectivity index (χ1n) is 13.0. The molecule has 0 saturated carbocycles. The number of nitrogens with one attached hydrogen (secondary N) is 1. The molecule has 0 radical (unpaired) electrons. The number of rotatable bonds is 7. The van der Waals surface area contributed by atoms with Crippen molar-refractivity contribution in [3.8, 4) is 11.3 Å². The molecule has 2 aromatic carbocycles. The number of likely N-dealkylation sites (tertiary alicyclic amines) is 1. The maximum atomic E-state index is 13.2. The summed E-state index contributed by atoms with van der Waals surface area (Å²) in [6, 6.07) is 19.9. The quantitative estimate of drug-likeness (QED) is 0.391. The third kappa shape index (κ3) is 5.78. The van der Waals surface area contributed by atoms with Crippen LogP contribution in [0.2, 0.25) is 0 Å². The topological polar surface area (TPSA) is 80.1 Å². The SMILES string of the molecule is CC(=O)Nc1cccc(C2CCN(CCCn3nc(-c4ccc(C)nc4)c4ccccc4c3=O)CC2)c1. The third-order valence-corrected chi connectivity index (χ3v) is 7.16. The summed E-state index contributed by atoms with van der Waals surface area (Å²) < 4.78 is 1.62. The lowest BCUT2D eigenvalue weighted by molar-refractivity contribution is -0.114. The predicted molar refractivity (Wildman–Crippen MR) is 148 cm³/mol. The van der Waals surface area contributed by atoms with E-state index in [2.05, 4.69) is 27.3 Å². The van der Waals surface area contributed by atoms with Crippen molar-refractivity contribution in [1.29, 1.82) is 0 Å². The Morgan fingerprint density at radius 2 is 1.78 bits per heavy atom. The highest BCUT2D eigenvalue weighted by atomic mass is 16.1. The molecular weight excluding hydrogens is 462 g/mol. The lowest BCUT2D eigenvalue weighted by atomic mass is 9.89. The zero-order chi connectivity index (χ0) is 25.8. The molecule has 1 N–H and O–H groups in total. The van der Waals surface area contributed by atoms with Gasteiger partial charge in [0.1, 0.15) is 5.69 Å². The van der Waals surface area contributed by atoms with Crippen LogP contribution in [0.3, 0.4) is 0 Å². The standard InChI is InChI=1S/C30H33N5O2/c1-21-11-12-25(20-31-21)29-27-9-3-4-10-28(27)30(37)35(33-29)16-6-15-34-17-13-23(14-18-34)24-7-5-8-26(19-24)32-22(2)36/h3-5,7-12,19-20,23H,6,13-18H2,1-2H3,(H,32,36). The number of amides is 1. The first kappa shape index (κ1) is 24.8. The number of pyridine rings is 1. The van der Waals surface area contributed by atoms with Crippen molar-refractivity contribution in [2.45, 2.75) is 45.6 Å². The molecule has 2 aromatic heterocycles. The minimum Gasteiger partial charge on any atom is -0.326 e. The van der Waals surface area contributed by atoms with E-state index in [1.807, 2.05) is 61.7 Å². The van der Waals surface area contributed by atoms with Crippen LogP contribution in [0.5, 0.6) is 0 Å². The Labute approximate surface area is 217 Å². The minimum absolute atomic E-state index is 0.0443. The average Bonchev–Trinajstić information content (AvgIpc) is 2.91. The second-order valence-corrected chi connectivity index (χ2v) is 9.89. The van der Waals surface area contributed by atoms with Gasteiger partial charge in [0.25, 0.3) is 5.56 Å². The van der Waals surface area contributed by atoms with Gasteiger partial charge in [0.2, 0.25) is 5.91 Å². The Morgan fingerprint density at radius 1 is 1.00 bits per heavy atom. The van der Waals surface area contributed by atoms with Crippen molar-refractivity contribution < 1.29 is 4.79 Å². The van der Waals surface area contributed by atoms with Crippen molar-refractivity contribution in [2.75, 3.05) is 25.0 Å². The van der Waals surface area contributed by atoms with Gasteiger partial charge in [-0.25, -0.2) is 4.68 Å². The number of nitrogens with zero attached hydrogens (tertiary/aromatic N) is 4. The summed E-state index contributed by atoms with van der Waals surface area (Å²) in [5.74, 6) is 0.454. The molecule has 1 aliphatic heterocycles. The fourth-order valence-electron chi connectivity index (χ4n) is 5.22.